The number of aromatic nitrogens is 6. The molecule has 0 saturated carbocycles. The first kappa shape index (κ1) is 19.1. The minimum atomic E-state index is 0.0238. The third-order valence-electron chi connectivity index (χ3n) is 4.91. The Morgan fingerprint density at radius 3 is 3.00 bits per heavy atom. The molecule has 0 spiro atoms. The summed E-state index contributed by atoms with van der Waals surface area (Å²) in [5, 5.41) is 30.3. The topological polar surface area (TPSA) is 111 Å². The van der Waals surface area contributed by atoms with Crippen molar-refractivity contribution in [3.63, 3.8) is 0 Å². The van der Waals surface area contributed by atoms with Crippen LogP contribution >= 0.6 is 11.3 Å². The van der Waals surface area contributed by atoms with Gasteiger partial charge in [-0.25, -0.2) is 4.98 Å². The highest BCUT2D eigenvalue weighted by atomic mass is 32.1. The predicted molar refractivity (Wildman–Crippen MR) is 114 cm³/mol. The van der Waals surface area contributed by atoms with E-state index in [1.54, 1.807) is 24.9 Å². The Kier molecular flexibility index (Phi) is 5.01. The monoisotopic (exact) mass is 409 g/mol. The van der Waals surface area contributed by atoms with Crippen LogP contribution in [-0.4, -0.2) is 46.7 Å². The molecule has 1 atom stereocenters. The molecule has 0 amide bonds. The van der Waals surface area contributed by atoms with Crippen LogP contribution in [0.4, 0.5) is 0 Å². The van der Waals surface area contributed by atoms with Gasteiger partial charge in [-0.1, -0.05) is 13.5 Å². The summed E-state index contributed by atoms with van der Waals surface area (Å²) in [7, 11) is 0. The lowest BCUT2D eigenvalue weighted by Gasteiger charge is -2.40. The fraction of sp³-hybridized carbons (Fsp3) is 0.316. The van der Waals surface area contributed by atoms with Gasteiger partial charge in [0.25, 0.3) is 0 Å². The number of hydrogen-bond acceptors (Lipinski definition) is 7. The Bertz CT molecular complexity index is 1060. The third-order valence-corrected chi connectivity index (χ3v) is 5.70. The van der Waals surface area contributed by atoms with E-state index in [9.17, 15) is 0 Å². The van der Waals surface area contributed by atoms with Crippen molar-refractivity contribution in [1.82, 2.24) is 40.2 Å². The van der Waals surface area contributed by atoms with E-state index in [-0.39, 0.29) is 12.1 Å². The molecule has 0 fully saturated rings. The molecule has 0 unspecified atom stereocenters. The van der Waals surface area contributed by atoms with Gasteiger partial charge in [0, 0.05) is 35.1 Å². The van der Waals surface area contributed by atoms with Gasteiger partial charge in [0.15, 0.2) is 5.82 Å². The van der Waals surface area contributed by atoms with Gasteiger partial charge in [0.1, 0.15) is 28.6 Å². The number of hydrogen-bond donors (Lipinski definition) is 3. The standard InChI is InChI=1S/C19H23N9S/c1-5-14-18-26-24-10-27(18)15(17(20)28(14)11(2)3)9-22-12(4)13-8-23-25-16(13)19-21-6-7-29-19/h6-11,14,20,22H,4-5H2,1-3H3,(H,23,25)/t14-/m1/s1. The molecule has 0 aliphatic carbocycles. The van der Waals surface area contributed by atoms with E-state index in [4.69, 9.17) is 5.41 Å². The minimum absolute atomic E-state index is 0.0238. The zero-order chi connectivity index (χ0) is 20.5. The zero-order valence-corrected chi connectivity index (χ0v) is 17.4. The van der Waals surface area contributed by atoms with Crippen LogP contribution in [0.2, 0.25) is 0 Å². The maximum absolute atomic E-state index is 8.80. The molecule has 4 heterocycles. The Balaban J connectivity index is 1.66. The van der Waals surface area contributed by atoms with Crippen LogP contribution in [0.5, 0.6) is 0 Å². The molecule has 0 saturated heterocycles. The summed E-state index contributed by atoms with van der Waals surface area (Å²) >= 11 is 1.53. The second-order valence-corrected chi connectivity index (χ2v) is 7.88. The maximum atomic E-state index is 8.80. The summed E-state index contributed by atoms with van der Waals surface area (Å²) in [6.07, 6.45) is 7.74. The average molecular weight is 410 g/mol. The summed E-state index contributed by atoms with van der Waals surface area (Å²) in [6, 6.07) is 0.186. The maximum Gasteiger partial charge on any atom is 0.160 e. The van der Waals surface area contributed by atoms with Gasteiger partial charge in [-0.2, -0.15) is 5.10 Å². The number of fused-ring (bicyclic) bond motifs is 1. The van der Waals surface area contributed by atoms with Crippen molar-refractivity contribution >= 4 is 28.6 Å². The summed E-state index contributed by atoms with van der Waals surface area (Å²) < 4.78 is 1.87. The van der Waals surface area contributed by atoms with Crippen molar-refractivity contribution in [2.45, 2.75) is 39.3 Å². The molecule has 0 bridgehead atoms. The lowest BCUT2D eigenvalue weighted by molar-refractivity contribution is 0.238. The molecular weight excluding hydrogens is 386 g/mol. The highest BCUT2D eigenvalue weighted by molar-refractivity contribution is 7.13. The average Bonchev–Trinajstić information content (AvgIpc) is 3.46. The smallest absolute Gasteiger partial charge is 0.160 e. The fourth-order valence-corrected chi connectivity index (χ4v) is 4.22. The van der Waals surface area contributed by atoms with Gasteiger partial charge in [-0.3, -0.25) is 15.1 Å². The van der Waals surface area contributed by atoms with Crippen LogP contribution in [0.15, 0.2) is 36.9 Å². The van der Waals surface area contributed by atoms with Gasteiger partial charge < -0.3 is 10.2 Å². The van der Waals surface area contributed by atoms with E-state index in [2.05, 4.69) is 62.9 Å². The molecule has 29 heavy (non-hydrogen) atoms. The van der Waals surface area contributed by atoms with E-state index in [1.807, 2.05) is 9.95 Å². The predicted octanol–water partition coefficient (Wildman–Crippen LogP) is 3.34. The SMILES string of the molecule is C=C(NC=C1C(=N)N(C(C)C)[C@H](CC)c2nncn21)c1cn[nH]c1-c1nccs1. The molecular formula is C19H23N9S. The van der Waals surface area contributed by atoms with Crippen LogP contribution in [-0.2, 0) is 0 Å². The second kappa shape index (κ2) is 7.63. The van der Waals surface area contributed by atoms with Crippen LogP contribution in [0.1, 0.15) is 44.6 Å². The Morgan fingerprint density at radius 1 is 1.48 bits per heavy atom. The van der Waals surface area contributed by atoms with Crippen molar-refractivity contribution in [3.05, 3.63) is 48.3 Å². The molecule has 10 heteroatoms. The molecule has 1 aliphatic rings. The largest absolute Gasteiger partial charge is 0.360 e. The summed E-state index contributed by atoms with van der Waals surface area (Å²) in [5.74, 6) is 1.26. The van der Waals surface area contributed by atoms with Gasteiger partial charge in [-0.05, 0) is 20.3 Å². The van der Waals surface area contributed by atoms with E-state index in [1.165, 1.54) is 11.3 Å². The first-order chi connectivity index (χ1) is 14.0. The highest BCUT2D eigenvalue weighted by Gasteiger charge is 2.35. The van der Waals surface area contributed by atoms with Gasteiger partial charge in [-0.15, -0.1) is 21.5 Å². The van der Waals surface area contributed by atoms with Gasteiger partial charge in [0.05, 0.1) is 12.2 Å². The third kappa shape index (κ3) is 3.25. The van der Waals surface area contributed by atoms with Crippen LogP contribution < -0.4 is 5.32 Å². The summed E-state index contributed by atoms with van der Waals surface area (Å²) in [6.45, 7) is 10.4. The first-order valence-corrected chi connectivity index (χ1v) is 10.3. The van der Waals surface area contributed by atoms with Crippen molar-refractivity contribution in [3.8, 4) is 10.7 Å². The van der Waals surface area contributed by atoms with Crippen LogP contribution in [0, 0.1) is 5.41 Å². The molecule has 1 aliphatic heterocycles. The van der Waals surface area contributed by atoms with Gasteiger partial charge >= 0.3 is 0 Å². The van der Waals surface area contributed by atoms with E-state index in [0.29, 0.717) is 17.2 Å². The molecule has 3 aromatic heterocycles. The lowest BCUT2D eigenvalue weighted by Crippen LogP contribution is -2.45. The van der Waals surface area contributed by atoms with Crippen LogP contribution in [0.25, 0.3) is 22.1 Å². The van der Waals surface area contributed by atoms with Gasteiger partial charge in [0.2, 0.25) is 0 Å². The Hall–Kier alpha value is -3.27. The molecule has 0 radical (unpaired) electrons. The number of aromatic amines is 1. The van der Waals surface area contributed by atoms with Crippen molar-refractivity contribution in [1.29, 1.82) is 5.41 Å². The number of nitrogens with zero attached hydrogens (tertiary/aromatic N) is 6. The van der Waals surface area contributed by atoms with Crippen molar-refractivity contribution < 1.29 is 0 Å². The number of nitrogens with one attached hydrogen (secondary N) is 3. The lowest BCUT2D eigenvalue weighted by atomic mass is 10.1. The highest BCUT2D eigenvalue weighted by Crippen LogP contribution is 2.33. The molecule has 4 rings (SSSR count). The molecule has 3 aromatic rings. The Labute approximate surface area is 172 Å². The number of rotatable bonds is 6. The van der Waals surface area contributed by atoms with Crippen molar-refractivity contribution in [2.75, 3.05) is 0 Å². The molecule has 0 aromatic carbocycles. The first-order valence-electron chi connectivity index (χ1n) is 9.39. The van der Waals surface area contributed by atoms with Crippen LogP contribution in [0.3, 0.4) is 0 Å². The zero-order valence-electron chi connectivity index (χ0n) is 16.5. The van der Waals surface area contributed by atoms with E-state index < -0.39 is 0 Å². The molecule has 3 N–H and O–H groups in total. The Morgan fingerprint density at radius 2 is 2.31 bits per heavy atom. The summed E-state index contributed by atoms with van der Waals surface area (Å²) in [5.41, 5.74) is 2.97. The van der Waals surface area contributed by atoms with E-state index >= 15 is 0 Å². The summed E-state index contributed by atoms with van der Waals surface area (Å²) in [4.78, 5) is 6.40. The quantitative estimate of drug-likeness (QED) is 0.576. The fourth-order valence-electron chi connectivity index (χ4n) is 3.58. The molecule has 9 nitrogen and oxygen atoms in total. The molecule has 150 valence electrons. The second-order valence-electron chi connectivity index (χ2n) is 6.98. The number of amidine groups is 1. The normalized spacial score (nSPS) is 17.8. The number of H-pyrrole nitrogens is 1. The van der Waals surface area contributed by atoms with E-state index in [0.717, 1.165) is 28.5 Å². The minimum Gasteiger partial charge on any atom is -0.360 e. The van der Waals surface area contributed by atoms with Crippen molar-refractivity contribution in [2.24, 2.45) is 0 Å². The number of thiazole rings is 1.